The van der Waals surface area contributed by atoms with Crippen LogP contribution in [0.3, 0.4) is 0 Å². The highest BCUT2D eigenvalue weighted by Gasteiger charge is 2.22. The number of hydrogen-bond acceptors (Lipinski definition) is 2. The van der Waals surface area contributed by atoms with E-state index in [9.17, 15) is 4.79 Å². The zero-order valence-corrected chi connectivity index (χ0v) is 16.8. The van der Waals surface area contributed by atoms with E-state index >= 15 is 0 Å². The molecule has 0 N–H and O–H groups in total. The van der Waals surface area contributed by atoms with E-state index < -0.39 is 0 Å². The Hall–Kier alpha value is -1.41. The van der Waals surface area contributed by atoms with E-state index in [4.69, 9.17) is 4.74 Å². The summed E-state index contributed by atoms with van der Waals surface area (Å²) in [5.41, 5.74) is 4.01. The van der Waals surface area contributed by atoms with E-state index in [1.54, 1.807) is 0 Å². The molecule has 0 amide bonds. The summed E-state index contributed by atoms with van der Waals surface area (Å²) in [4.78, 5) is 12.3. The molecule has 2 heteroatoms. The third kappa shape index (κ3) is 5.81. The number of hydrogen-bond donors (Lipinski definition) is 0. The van der Waals surface area contributed by atoms with Gasteiger partial charge in [-0.1, -0.05) is 71.9 Å². The van der Waals surface area contributed by atoms with Crippen molar-refractivity contribution in [3.63, 3.8) is 0 Å². The quantitative estimate of drug-likeness (QED) is 0.642. The zero-order valence-electron chi connectivity index (χ0n) is 16.8. The molecule has 1 aromatic carbocycles. The molecule has 0 aliphatic heterocycles. The van der Waals surface area contributed by atoms with Gasteiger partial charge >= 0.3 is 0 Å². The second-order valence-electron chi connectivity index (χ2n) is 9.27. The van der Waals surface area contributed by atoms with Gasteiger partial charge in [0.05, 0.1) is 6.61 Å². The average Bonchev–Trinajstić information content (AvgIpc) is 2.49. The Labute approximate surface area is 153 Å². The van der Waals surface area contributed by atoms with Crippen molar-refractivity contribution in [3.8, 4) is 0 Å². The lowest BCUT2D eigenvalue weighted by atomic mass is 9.79. The standard InChI is InChI=1S/C23H34O2/c1-22(2,3)18-13-17(14-19(15-18)23(4,5)6)16-25-21-12-10-8-7-9-11-20(21)24/h7-8,13-15,21H,9-12,16H2,1-6H3/b8-7-. The van der Waals surface area contributed by atoms with Crippen LogP contribution in [0.25, 0.3) is 0 Å². The van der Waals surface area contributed by atoms with E-state index in [1.165, 1.54) is 16.7 Å². The molecule has 1 aliphatic carbocycles. The SMILES string of the molecule is CC(C)(C)c1cc(COC2CC/C=C\CCC2=O)cc(C(C)(C)C)c1. The third-order valence-corrected chi connectivity index (χ3v) is 4.85. The maximum atomic E-state index is 12.3. The molecule has 1 aromatic rings. The molecule has 0 spiro atoms. The van der Waals surface area contributed by atoms with E-state index in [0.29, 0.717) is 13.0 Å². The van der Waals surface area contributed by atoms with E-state index in [-0.39, 0.29) is 22.7 Å². The third-order valence-electron chi connectivity index (χ3n) is 4.85. The molecular formula is C23H34O2. The first-order valence-electron chi connectivity index (χ1n) is 9.51. The molecule has 25 heavy (non-hydrogen) atoms. The smallest absolute Gasteiger partial charge is 0.161 e. The fourth-order valence-corrected chi connectivity index (χ4v) is 3.05. The van der Waals surface area contributed by atoms with E-state index in [0.717, 1.165) is 19.3 Å². The van der Waals surface area contributed by atoms with Crippen LogP contribution in [0, 0.1) is 0 Å². The molecule has 0 aromatic heterocycles. The first-order chi connectivity index (χ1) is 11.6. The van der Waals surface area contributed by atoms with Gasteiger partial charge in [0.2, 0.25) is 0 Å². The van der Waals surface area contributed by atoms with Crippen molar-refractivity contribution < 1.29 is 9.53 Å². The van der Waals surface area contributed by atoms with Crippen LogP contribution < -0.4 is 0 Å². The number of ketones is 1. The lowest BCUT2D eigenvalue weighted by molar-refractivity contribution is -0.131. The average molecular weight is 343 g/mol. The molecule has 1 aliphatic rings. The Bertz CT molecular complexity index is 594. The molecule has 0 saturated heterocycles. The highest BCUT2D eigenvalue weighted by molar-refractivity contribution is 5.83. The van der Waals surface area contributed by atoms with Gasteiger partial charge < -0.3 is 4.74 Å². The molecule has 2 nitrogen and oxygen atoms in total. The van der Waals surface area contributed by atoms with Crippen molar-refractivity contribution in [1.82, 2.24) is 0 Å². The van der Waals surface area contributed by atoms with Crippen LogP contribution >= 0.6 is 0 Å². The number of carbonyl (C=O) groups is 1. The Kier molecular flexibility index (Phi) is 6.26. The Morgan fingerprint density at radius 3 is 2.04 bits per heavy atom. The molecule has 0 heterocycles. The van der Waals surface area contributed by atoms with Crippen LogP contribution in [0.4, 0.5) is 0 Å². The van der Waals surface area contributed by atoms with Crippen LogP contribution in [0.15, 0.2) is 30.4 Å². The lowest BCUT2D eigenvalue weighted by Crippen LogP contribution is -2.25. The van der Waals surface area contributed by atoms with Crippen LogP contribution in [0.1, 0.15) is 83.9 Å². The van der Waals surface area contributed by atoms with Crippen LogP contribution in [-0.2, 0) is 27.0 Å². The van der Waals surface area contributed by atoms with Crippen molar-refractivity contribution in [3.05, 3.63) is 47.0 Å². The predicted octanol–water partition coefficient (Wildman–Crippen LogP) is 5.87. The molecule has 0 saturated carbocycles. The van der Waals surface area contributed by atoms with Crippen LogP contribution in [0.5, 0.6) is 0 Å². The highest BCUT2D eigenvalue weighted by atomic mass is 16.5. The molecule has 138 valence electrons. The zero-order chi connectivity index (χ0) is 18.7. The summed E-state index contributed by atoms with van der Waals surface area (Å²) in [6.45, 7) is 13.9. The minimum absolute atomic E-state index is 0.0941. The largest absolute Gasteiger partial charge is 0.366 e. The Balaban J connectivity index is 2.20. The topological polar surface area (TPSA) is 26.3 Å². The summed E-state index contributed by atoms with van der Waals surface area (Å²) in [6.07, 6.45) is 7.16. The second-order valence-corrected chi connectivity index (χ2v) is 9.27. The maximum Gasteiger partial charge on any atom is 0.161 e. The minimum atomic E-state index is -0.263. The highest BCUT2D eigenvalue weighted by Crippen LogP contribution is 2.30. The molecule has 0 bridgehead atoms. The number of benzene rings is 1. The molecule has 2 rings (SSSR count). The van der Waals surface area contributed by atoms with Crippen LogP contribution in [-0.4, -0.2) is 11.9 Å². The van der Waals surface area contributed by atoms with Gasteiger partial charge in [-0.05, 0) is 46.8 Å². The van der Waals surface area contributed by atoms with E-state index in [2.05, 4.69) is 71.9 Å². The van der Waals surface area contributed by atoms with Gasteiger partial charge in [0.25, 0.3) is 0 Å². The predicted molar refractivity (Wildman–Crippen MR) is 105 cm³/mol. The van der Waals surface area contributed by atoms with Gasteiger partial charge in [0.15, 0.2) is 5.78 Å². The second kappa shape index (κ2) is 7.86. The minimum Gasteiger partial charge on any atom is -0.366 e. The number of ether oxygens (including phenoxy) is 1. The van der Waals surface area contributed by atoms with Gasteiger partial charge in [-0.25, -0.2) is 0 Å². The summed E-state index contributed by atoms with van der Waals surface area (Å²) >= 11 is 0. The fourth-order valence-electron chi connectivity index (χ4n) is 3.05. The number of Topliss-reactive ketones (excluding diaryl/α,β-unsaturated/α-hetero) is 1. The van der Waals surface area contributed by atoms with Crippen molar-refractivity contribution in [1.29, 1.82) is 0 Å². The van der Waals surface area contributed by atoms with Crippen molar-refractivity contribution in [2.75, 3.05) is 0 Å². The Morgan fingerprint density at radius 2 is 1.48 bits per heavy atom. The Morgan fingerprint density at radius 1 is 0.920 bits per heavy atom. The fraction of sp³-hybridized carbons (Fsp3) is 0.609. The monoisotopic (exact) mass is 342 g/mol. The maximum absolute atomic E-state index is 12.3. The molecule has 1 atom stereocenters. The summed E-state index contributed by atoms with van der Waals surface area (Å²) < 4.78 is 6.07. The number of allylic oxidation sites excluding steroid dienone is 2. The van der Waals surface area contributed by atoms with Gasteiger partial charge in [-0.3, -0.25) is 4.79 Å². The van der Waals surface area contributed by atoms with E-state index in [1.807, 2.05) is 0 Å². The molecule has 0 fully saturated rings. The summed E-state index contributed by atoms with van der Waals surface area (Å²) in [5, 5.41) is 0. The summed E-state index contributed by atoms with van der Waals surface area (Å²) in [6, 6.07) is 6.79. The first-order valence-corrected chi connectivity index (χ1v) is 9.51. The first kappa shape index (κ1) is 19.9. The molecular weight excluding hydrogens is 308 g/mol. The number of carbonyl (C=O) groups excluding carboxylic acids is 1. The van der Waals surface area contributed by atoms with Crippen molar-refractivity contribution in [2.45, 2.75) is 90.8 Å². The molecule has 1 unspecified atom stereocenters. The van der Waals surface area contributed by atoms with Gasteiger partial charge in [-0.15, -0.1) is 0 Å². The van der Waals surface area contributed by atoms with Crippen molar-refractivity contribution >= 4 is 5.78 Å². The van der Waals surface area contributed by atoms with Crippen molar-refractivity contribution in [2.24, 2.45) is 0 Å². The van der Waals surface area contributed by atoms with Gasteiger partial charge in [0, 0.05) is 6.42 Å². The number of rotatable bonds is 3. The molecule has 0 radical (unpaired) electrons. The van der Waals surface area contributed by atoms with Crippen LogP contribution in [0.2, 0.25) is 0 Å². The summed E-state index contributed by atoms with van der Waals surface area (Å²) in [7, 11) is 0. The normalized spacial score (nSPS) is 20.9. The van der Waals surface area contributed by atoms with Gasteiger partial charge in [-0.2, -0.15) is 0 Å². The summed E-state index contributed by atoms with van der Waals surface area (Å²) in [5.74, 6) is 0.243. The lowest BCUT2D eigenvalue weighted by Gasteiger charge is -2.26. The van der Waals surface area contributed by atoms with Gasteiger partial charge in [0.1, 0.15) is 6.10 Å².